The zero-order chi connectivity index (χ0) is 9.52. The first-order valence-electron chi connectivity index (χ1n) is 5.53. The zero-order valence-corrected chi connectivity index (χ0v) is 8.68. The van der Waals surface area contributed by atoms with Crippen LogP contribution in [0.25, 0.3) is 0 Å². The molecule has 1 aliphatic rings. The molecule has 0 aliphatic heterocycles. The highest BCUT2D eigenvalue weighted by atomic mass is 14.9. The fraction of sp³-hybridized carbons (Fsp3) is 0.833. The van der Waals surface area contributed by atoms with Crippen LogP contribution >= 0.6 is 0 Å². The van der Waals surface area contributed by atoms with Gasteiger partial charge in [-0.25, -0.2) is 0 Å². The van der Waals surface area contributed by atoms with Gasteiger partial charge in [-0.05, 0) is 31.7 Å². The topological polar surface area (TPSA) is 12.0 Å². The Morgan fingerprint density at radius 1 is 1.38 bits per heavy atom. The van der Waals surface area contributed by atoms with E-state index in [-0.39, 0.29) is 0 Å². The molecule has 74 valence electrons. The van der Waals surface area contributed by atoms with Crippen LogP contribution in [0.15, 0.2) is 0 Å². The van der Waals surface area contributed by atoms with Gasteiger partial charge < -0.3 is 5.32 Å². The van der Waals surface area contributed by atoms with Crippen molar-refractivity contribution in [1.82, 2.24) is 5.32 Å². The van der Waals surface area contributed by atoms with Crippen molar-refractivity contribution in [3.05, 3.63) is 0 Å². The maximum Gasteiger partial charge on any atom is 0.0115 e. The van der Waals surface area contributed by atoms with Crippen LogP contribution in [0.1, 0.15) is 45.4 Å². The largest absolute Gasteiger partial charge is 0.314 e. The SMILES string of the molecule is C#CCC1CCCCC(NCC)C1. The molecular formula is C12H21N. The van der Waals surface area contributed by atoms with E-state index in [1.54, 1.807) is 0 Å². The molecule has 0 heterocycles. The smallest absolute Gasteiger partial charge is 0.0115 e. The van der Waals surface area contributed by atoms with E-state index in [1.165, 1.54) is 32.1 Å². The van der Waals surface area contributed by atoms with Crippen molar-refractivity contribution in [2.45, 2.75) is 51.5 Å². The Morgan fingerprint density at radius 2 is 2.15 bits per heavy atom. The van der Waals surface area contributed by atoms with Crippen molar-refractivity contribution in [2.75, 3.05) is 6.54 Å². The Morgan fingerprint density at radius 3 is 2.85 bits per heavy atom. The molecule has 0 saturated heterocycles. The molecule has 2 atom stereocenters. The van der Waals surface area contributed by atoms with Gasteiger partial charge in [0.15, 0.2) is 0 Å². The van der Waals surface area contributed by atoms with E-state index in [2.05, 4.69) is 18.2 Å². The molecule has 0 aromatic rings. The summed E-state index contributed by atoms with van der Waals surface area (Å²) in [6.07, 6.45) is 13.0. The van der Waals surface area contributed by atoms with Crippen molar-refractivity contribution in [2.24, 2.45) is 5.92 Å². The fourth-order valence-corrected chi connectivity index (χ4v) is 2.29. The number of nitrogens with one attached hydrogen (secondary N) is 1. The lowest BCUT2D eigenvalue weighted by Crippen LogP contribution is -2.29. The Balaban J connectivity index is 2.35. The lowest BCUT2D eigenvalue weighted by atomic mass is 9.95. The van der Waals surface area contributed by atoms with Crippen LogP contribution in [-0.4, -0.2) is 12.6 Å². The Kier molecular flexibility index (Phi) is 4.93. The third kappa shape index (κ3) is 3.83. The molecule has 0 spiro atoms. The van der Waals surface area contributed by atoms with Crippen LogP contribution in [0, 0.1) is 18.3 Å². The van der Waals surface area contributed by atoms with E-state index in [0.717, 1.165) is 24.9 Å². The Hall–Kier alpha value is -0.480. The van der Waals surface area contributed by atoms with Crippen LogP contribution in [0.2, 0.25) is 0 Å². The summed E-state index contributed by atoms with van der Waals surface area (Å²) in [6, 6.07) is 0.728. The van der Waals surface area contributed by atoms with E-state index in [9.17, 15) is 0 Å². The normalized spacial score (nSPS) is 29.2. The molecule has 1 N–H and O–H groups in total. The van der Waals surface area contributed by atoms with Crippen LogP contribution in [0.5, 0.6) is 0 Å². The lowest BCUT2D eigenvalue weighted by Gasteiger charge is -2.18. The third-order valence-electron chi connectivity index (χ3n) is 2.93. The van der Waals surface area contributed by atoms with Crippen LogP contribution in [0.3, 0.4) is 0 Å². The van der Waals surface area contributed by atoms with E-state index < -0.39 is 0 Å². The molecule has 1 rings (SSSR count). The maximum absolute atomic E-state index is 5.36. The first-order chi connectivity index (χ1) is 6.36. The van der Waals surface area contributed by atoms with Gasteiger partial charge in [0.2, 0.25) is 0 Å². The molecule has 1 fully saturated rings. The average molecular weight is 179 g/mol. The van der Waals surface area contributed by atoms with Crippen LogP contribution < -0.4 is 5.32 Å². The molecule has 0 amide bonds. The molecule has 0 bridgehead atoms. The minimum Gasteiger partial charge on any atom is -0.314 e. The fourth-order valence-electron chi connectivity index (χ4n) is 2.29. The van der Waals surface area contributed by atoms with Crippen molar-refractivity contribution in [3.63, 3.8) is 0 Å². The summed E-state index contributed by atoms with van der Waals surface area (Å²) < 4.78 is 0. The van der Waals surface area contributed by atoms with E-state index in [4.69, 9.17) is 6.42 Å². The first-order valence-corrected chi connectivity index (χ1v) is 5.53. The van der Waals surface area contributed by atoms with Gasteiger partial charge >= 0.3 is 0 Å². The Labute approximate surface area is 82.3 Å². The molecule has 1 nitrogen and oxygen atoms in total. The zero-order valence-electron chi connectivity index (χ0n) is 8.68. The number of terminal acetylenes is 1. The quantitative estimate of drug-likeness (QED) is 0.518. The van der Waals surface area contributed by atoms with Crippen molar-refractivity contribution >= 4 is 0 Å². The lowest BCUT2D eigenvalue weighted by molar-refractivity contribution is 0.397. The van der Waals surface area contributed by atoms with Crippen LogP contribution in [-0.2, 0) is 0 Å². The number of hydrogen-bond donors (Lipinski definition) is 1. The first kappa shape index (κ1) is 10.6. The highest BCUT2D eigenvalue weighted by molar-refractivity contribution is 4.89. The molecule has 0 aromatic carbocycles. The van der Waals surface area contributed by atoms with Gasteiger partial charge in [-0.1, -0.05) is 19.8 Å². The van der Waals surface area contributed by atoms with Gasteiger partial charge in [-0.3, -0.25) is 0 Å². The number of hydrogen-bond acceptors (Lipinski definition) is 1. The van der Waals surface area contributed by atoms with Gasteiger partial charge in [-0.15, -0.1) is 12.3 Å². The summed E-state index contributed by atoms with van der Waals surface area (Å²) in [6.45, 7) is 3.27. The van der Waals surface area contributed by atoms with Crippen LogP contribution in [0.4, 0.5) is 0 Å². The standard InChI is InChI=1S/C12H21N/c1-3-7-11-8-5-6-9-12(10-11)13-4-2/h1,11-13H,4-10H2,2H3. The summed E-state index contributed by atoms with van der Waals surface area (Å²) in [4.78, 5) is 0. The molecule has 1 aliphatic carbocycles. The summed E-state index contributed by atoms with van der Waals surface area (Å²) >= 11 is 0. The highest BCUT2D eigenvalue weighted by Gasteiger charge is 2.18. The van der Waals surface area contributed by atoms with Gasteiger partial charge in [-0.2, -0.15) is 0 Å². The predicted molar refractivity (Wildman–Crippen MR) is 57.5 cm³/mol. The molecule has 1 heteroatoms. The summed E-state index contributed by atoms with van der Waals surface area (Å²) in [5.41, 5.74) is 0. The maximum atomic E-state index is 5.36. The summed E-state index contributed by atoms with van der Waals surface area (Å²) in [5.74, 6) is 3.57. The number of rotatable bonds is 3. The third-order valence-corrected chi connectivity index (χ3v) is 2.93. The molecule has 1 saturated carbocycles. The monoisotopic (exact) mass is 179 g/mol. The van der Waals surface area contributed by atoms with Gasteiger partial charge in [0.1, 0.15) is 0 Å². The van der Waals surface area contributed by atoms with Gasteiger partial charge in [0.25, 0.3) is 0 Å². The predicted octanol–water partition coefficient (Wildman–Crippen LogP) is 2.57. The van der Waals surface area contributed by atoms with Crippen molar-refractivity contribution in [3.8, 4) is 12.3 Å². The second-order valence-corrected chi connectivity index (χ2v) is 4.05. The minimum atomic E-state index is 0.728. The molecule has 0 aromatic heterocycles. The van der Waals surface area contributed by atoms with E-state index in [1.807, 2.05) is 0 Å². The molecular weight excluding hydrogens is 158 g/mol. The van der Waals surface area contributed by atoms with Crippen molar-refractivity contribution in [1.29, 1.82) is 0 Å². The summed E-state index contributed by atoms with van der Waals surface area (Å²) in [7, 11) is 0. The Bertz CT molecular complexity index is 168. The van der Waals surface area contributed by atoms with Gasteiger partial charge in [0.05, 0.1) is 0 Å². The van der Waals surface area contributed by atoms with Crippen molar-refractivity contribution < 1.29 is 0 Å². The molecule has 0 radical (unpaired) electrons. The second kappa shape index (κ2) is 6.05. The summed E-state index contributed by atoms with van der Waals surface area (Å²) in [5, 5.41) is 3.54. The average Bonchev–Trinajstić information content (AvgIpc) is 2.32. The van der Waals surface area contributed by atoms with Gasteiger partial charge in [0, 0.05) is 12.5 Å². The highest BCUT2D eigenvalue weighted by Crippen LogP contribution is 2.25. The molecule has 13 heavy (non-hydrogen) atoms. The van der Waals surface area contributed by atoms with E-state index in [0.29, 0.717) is 0 Å². The molecule has 2 unspecified atom stereocenters. The second-order valence-electron chi connectivity index (χ2n) is 4.05. The van der Waals surface area contributed by atoms with E-state index >= 15 is 0 Å². The minimum absolute atomic E-state index is 0.728.